The third-order valence-electron chi connectivity index (χ3n) is 3.31. The highest BCUT2D eigenvalue weighted by Crippen LogP contribution is 2.34. The molecule has 1 amide bonds. The number of aryl methyl sites for hydroxylation is 1. The van der Waals surface area contributed by atoms with Crippen LogP contribution in [0.25, 0.3) is 0 Å². The van der Waals surface area contributed by atoms with E-state index in [9.17, 15) is 4.79 Å². The average molecular weight is 330 g/mol. The zero-order chi connectivity index (χ0) is 16.9. The third-order valence-corrected chi connectivity index (χ3v) is 3.31. The molecule has 2 aromatic rings. The van der Waals surface area contributed by atoms with Crippen molar-refractivity contribution in [3.63, 3.8) is 0 Å². The maximum atomic E-state index is 12.4. The Labute approximate surface area is 139 Å². The minimum absolute atomic E-state index is 0.189. The lowest BCUT2D eigenvalue weighted by molar-refractivity contribution is 0.102. The number of hydrogen-bond donors (Lipinski definition) is 2. The van der Waals surface area contributed by atoms with E-state index in [0.717, 1.165) is 0 Å². The second kappa shape index (κ2) is 7.14. The van der Waals surface area contributed by atoms with Crippen LogP contribution in [0.5, 0.6) is 11.5 Å². The van der Waals surface area contributed by atoms with Gasteiger partial charge in [-0.25, -0.2) is 9.97 Å². The van der Waals surface area contributed by atoms with Crippen molar-refractivity contribution < 1.29 is 19.0 Å². The van der Waals surface area contributed by atoms with Gasteiger partial charge in [0.2, 0.25) is 6.79 Å². The quantitative estimate of drug-likeness (QED) is 0.780. The van der Waals surface area contributed by atoms with Gasteiger partial charge >= 0.3 is 0 Å². The van der Waals surface area contributed by atoms with Gasteiger partial charge in [-0.3, -0.25) is 4.79 Å². The molecule has 0 unspecified atom stereocenters. The number of ether oxygens (including phenoxy) is 3. The summed E-state index contributed by atoms with van der Waals surface area (Å²) in [5.74, 6) is 2.03. The van der Waals surface area contributed by atoms with Crippen molar-refractivity contribution in [3.8, 4) is 11.5 Å². The summed E-state index contributed by atoms with van der Waals surface area (Å²) in [6, 6.07) is 6.81. The predicted molar refractivity (Wildman–Crippen MR) is 87.7 cm³/mol. The largest absolute Gasteiger partial charge is 0.454 e. The first-order valence-electron chi connectivity index (χ1n) is 7.45. The lowest BCUT2D eigenvalue weighted by Crippen LogP contribution is -2.16. The highest BCUT2D eigenvalue weighted by Gasteiger charge is 2.16. The summed E-state index contributed by atoms with van der Waals surface area (Å²) in [6.45, 7) is 3.06. The number of nitrogens with zero attached hydrogens (tertiary/aromatic N) is 2. The molecule has 0 spiro atoms. The number of hydrogen-bond acceptors (Lipinski definition) is 7. The van der Waals surface area contributed by atoms with Gasteiger partial charge in [0.25, 0.3) is 5.91 Å². The molecule has 2 N–H and O–H groups in total. The zero-order valence-corrected chi connectivity index (χ0v) is 13.5. The molecular weight excluding hydrogens is 312 g/mol. The van der Waals surface area contributed by atoms with E-state index in [0.29, 0.717) is 42.0 Å². The lowest BCUT2D eigenvalue weighted by atomic mass is 10.2. The molecule has 0 saturated carbocycles. The normalized spacial score (nSPS) is 12.1. The van der Waals surface area contributed by atoms with Gasteiger partial charge in [0.15, 0.2) is 11.5 Å². The van der Waals surface area contributed by atoms with Crippen LogP contribution >= 0.6 is 0 Å². The minimum Gasteiger partial charge on any atom is -0.454 e. The summed E-state index contributed by atoms with van der Waals surface area (Å²) in [6.07, 6.45) is 0. The van der Waals surface area contributed by atoms with Crippen molar-refractivity contribution in [2.75, 3.05) is 37.7 Å². The van der Waals surface area contributed by atoms with E-state index in [1.807, 2.05) is 0 Å². The number of amides is 1. The molecule has 0 fully saturated rings. The van der Waals surface area contributed by atoms with Crippen LogP contribution in [0.3, 0.4) is 0 Å². The van der Waals surface area contributed by atoms with E-state index < -0.39 is 0 Å². The summed E-state index contributed by atoms with van der Waals surface area (Å²) in [4.78, 5) is 20.9. The predicted octanol–water partition coefficient (Wildman–Crippen LogP) is 1.82. The Morgan fingerprint density at radius 1 is 1.25 bits per heavy atom. The fourth-order valence-corrected chi connectivity index (χ4v) is 2.23. The summed E-state index contributed by atoms with van der Waals surface area (Å²) >= 11 is 0. The van der Waals surface area contributed by atoms with Gasteiger partial charge in [0.1, 0.15) is 17.3 Å². The summed E-state index contributed by atoms with van der Waals surface area (Å²) < 4.78 is 15.5. The Kier molecular flexibility index (Phi) is 4.76. The molecular formula is C16H18N4O4. The van der Waals surface area contributed by atoms with Crippen LogP contribution < -0.4 is 20.1 Å². The van der Waals surface area contributed by atoms with E-state index in [1.54, 1.807) is 38.3 Å². The number of methoxy groups -OCH3 is 1. The molecule has 1 aromatic carbocycles. The van der Waals surface area contributed by atoms with Gasteiger partial charge in [-0.15, -0.1) is 0 Å². The van der Waals surface area contributed by atoms with Gasteiger partial charge in [-0.1, -0.05) is 0 Å². The van der Waals surface area contributed by atoms with Crippen LogP contribution in [0.2, 0.25) is 0 Å². The number of benzene rings is 1. The molecule has 1 aromatic heterocycles. The highest BCUT2D eigenvalue weighted by molar-refractivity contribution is 6.03. The number of rotatable bonds is 6. The summed E-state index contributed by atoms with van der Waals surface area (Å²) in [7, 11) is 1.62. The van der Waals surface area contributed by atoms with Gasteiger partial charge < -0.3 is 24.8 Å². The number of carbonyl (C=O) groups excluding carboxylic acids is 1. The van der Waals surface area contributed by atoms with Crippen molar-refractivity contribution in [2.45, 2.75) is 6.92 Å². The second-order valence-electron chi connectivity index (χ2n) is 5.13. The second-order valence-corrected chi connectivity index (χ2v) is 5.13. The van der Waals surface area contributed by atoms with Gasteiger partial charge in [0.05, 0.1) is 6.61 Å². The Morgan fingerprint density at radius 3 is 2.92 bits per heavy atom. The topological polar surface area (TPSA) is 94.6 Å². The Morgan fingerprint density at radius 2 is 2.08 bits per heavy atom. The summed E-state index contributed by atoms with van der Waals surface area (Å²) in [5.41, 5.74) is 0.884. The van der Waals surface area contributed by atoms with Crippen molar-refractivity contribution in [1.29, 1.82) is 0 Å². The van der Waals surface area contributed by atoms with Gasteiger partial charge in [-0.2, -0.15) is 0 Å². The fourth-order valence-electron chi connectivity index (χ4n) is 2.23. The van der Waals surface area contributed by atoms with Crippen LogP contribution in [-0.4, -0.2) is 42.9 Å². The number of fused-ring (bicyclic) bond motifs is 1. The zero-order valence-electron chi connectivity index (χ0n) is 13.5. The first-order valence-corrected chi connectivity index (χ1v) is 7.45. The molecule has 0 saturated heterocycles. The number of carbonyl (C=O) groups is 1. The lowest BCUT2D eigenvalue weighted by Gasteiger charge is -2.09. The van der Waals surface area contributed by atoms with Crippen molar-refractivity contribution in [1.82, 2.24) is 9.97 Å². The molecule has 1 aliphatic heterocycles. The van der Waals surface area contributed by atoms with Gasteiger partial charge in [-0.05, 0) is 19.1 Å². The standard InChI is InChI=1S/C16H18N4O4/c1-10-18-12(8-15(19-10)17-5-6-22-2)16(21)20-11-3-4-13-14(7-11)24-9-23-13/h3-4,7-8H,5-6,9H2,1-2H3,(H,20,21)(H,17,18,19). The van der Waals surface area contributed by atoms with Gasteiger partial charge in [0, 0.05) is 31.5 Å². The van der Waals surface area contributed by atoms with Crippen LogP contribution in [0.15, 0.2) is 24.3 Å². The van der Waals surface area contributed by atoms with E-state index in [4.69, 9.17) is 14.2 Å². The molecule has 8 heteroatoms. The minimum atomic E-state index is -0.325. The number of aromatic nitrogens is 2. The molecule has 24 heavy (non-hydrogen) atoms. The van der Waals surface area contributed by atoms with Crippen LogP contribution in [0.1, 0.15) is 16.3 Å². The first kappa shape index (κ1) is 16.0. The van der Waals surface area contributed by atoms with Crippen molar-refractivity contribution in [3.05, 3.63) is 35.8 Å². The molecule has 2 heterocycles. The average Bonchev–Trinajstić information content (AvgIpc) is 3.02. The fraction of sp³-hybridized carbons (Fsp3) is 0.312. The molecule has 3 rings (SSSR count). The molecule has 0 radical (unpaired) electrons. The Bertz CT molecular complexity index is 751. The monoisotopic (exact) mass is 330 g/mol. The van der Waals surface area contributed by atoms with Crippen LogP contribution in [-0.2, 0) is 4.74 Å². The van der Waals surface area contributed by atoms with Crippen molar-refractivity contribution >= 4 is 17.4 Å². The number of nitrogens with one attached hydrogen (secondary N) is 2. The van der Waals surface area contributed by atoms with Crippen LogP contribution in [0, 0.1) is 6.92 Å². The van der Waals surface area contributed by atoms with Crippen LogP contribution in [0.4, 0.5) is 11.5 Å². The molecule has 8 nitrogen and oxygen atoms in total. The Hall–Kier alpha value is -2.87. The van der Waals surface area contributed by atoms with E-state index >= 15 is 0 Å². The SMILES string of the molecule is COCCNc1cc(C(=O)Nc2ccc3c(c2)OCO3)nc(C)n1. The summed E-state index contributed by atoms with van der Waals surface area (Å²) in [5, 5.41) is 5.88. The maximum absolute atomic E-state index is 12.4. The molecule has 0 aliphatic carbocycles. The Balaban J connectivity index is 1.72. The first-order chi connectivity index (χ1) is 11.7. The maximum Gasteiger partial charge on any atom is 0.274 e. The smallest absolute Gasteiger partial charge is 0.274 e. The number of anilines is 2. The van der Waals surface area contributed by atoms with E-state index in [-0.39, 0.29) is 18.4 Å². The molecule has 1 aliphatic rings. The van der Waals surface area contributed by atoms with Crippen molar-refractivity contribution in [2.24, 2.45) is 0 Å². The molecule has 0 bridgehead atoms. The third kappa shape index (κ3) is 3.72. The molecule has 0 atom stereocenters. The highest BCUT2D eigenvalue weighted by atomic mass is 16.7. The van der Waals surface area contributed by atoms with E-state index in [2.05, 4.69) is 20.6 Å². The van der Waals surface area contributed by atoms with E-state index in [1.165, 1.54) is 0 Å². The molecule has 126 valence electrons.